The molecule has 1 saturated carbocycles. The van der Waals surface area contributed by atoms with Crippen LogP contribution < -0.4 is 24.8 Å². The molecule has 1 aliphatic rings. The molecule has 0 bridgehead atoms. The zero-order chi connectivity index (χ0) is 21.6. The summed E-state index contributed by atoms with van der Waals surface area (Å²) in [6.07, 6.45) is 5.72. The first kappa shape index (κ1) is 22.2. The smallest absolute Gasteiger partial charge is 0.264 e. The normalized spacial score (nSPS) is 14.6. The lowest BCUT2D eigenvalue weighted by Gasteiger charge is -2.25. The molecule has 0 heterocycles. The summed E-state index contributed by atoms with van der Waals surface area (Å²) in [6.45, 7) is 0. The molecule has 1 fully saturated rings. The van der Waals surface area contributed by atoms with Gasteiger partial charge in [-0.1, -0.05) is 19.3 Å². The van der Waals surface area contributed by atoms with Crippen LogP contribution in [0.25, 0.3) is 0 Å². The van der Waals surface area contributed by atoms with Gasteiger partial charge in [0.15, 0.2) is 5.11 Å². The summed E-state index contributed by atoms with van der Waals surface area (Å²) in [5, 5.41) is 6.75. The molecule has 1 aliphatic carbocycles. The molecule has 0 saturated heterocycles. The van der Waals surface area contributed by atoms with Crippen LogP contribution in [-0.2, 0) is 10.0 Å². The van der Waals surface area contributed by atoms with Gasteiger partial charge in [-0.15, -0.1) is 0 Å². The Hall–Kier alpha value is -2.52. The van der Waals surface area contributed by atoms with Gasteiger partial charge in [0.25, 0.3) is 10.0 Å². The molecule has 0 unspecified atom stereocenters. The van der Waals surface area contributed by atoms with Gasteiger partial charge in [-0.3, -0.25) is 4.72 Å². The predicted octanol–water partition coefficient (Wildman–Crippen LogP) is 4.12. The molecule has 0 radical (unpaired) electrons. The Bertz CT molecular complexity index is 972. The van der Waals surface area contributed by atoms with Crippen molar-refractivity contribution in [2.24, 2.45) is 0 Å². The number of benzene rings is 2. The van der Waals surface area contributed by atoms with Crippen molar-refractivity contribution in [2.45, 2.75) is 43.0 Å². The number of ether oxygens (including phenoxy) is 2. The summed E-state index contributed by atoms with van der Waals surface area (Å²) in [7, 11) is -0.851. The van der Waals surface area contributed by atoms with Gasteiger partial charge < -0.3 is 20.1 Å². The number of nitrogens with one attached hydrogen (secondary N) is 3. The second-order valence-corrected chi connectivity index (χ2v) is 9.19. The average Bonchev–Trinajstić information content (AvgIpc) is 2.75. The van der Waals surface area contributed by atoms with Crippen molar-refractivity contribution in [3.05, 3.63) is 42.5 Å². The molecule has 0 aromatic heterocycles. The number of rotatable bonds is 7. The highest BCUT2D eigenvalue weighted by atomic mass is 32.2. The number of hydrogen-bond acceptors (Lipinski definition) is 5. The minimum absolute atomic E-state index is 0.0467. The maximum atomic E-state index is 13.1. The summed E-state index contributed by atoms with van der Waals surface area (Å²) in [4.78, 5) is 0.0467. The molecular weight excluding hydrogens is 422 g/mol. The molecule has 2 aromatic carbocycles. The first-order valence-electron chi connectivity index (χ1n) is 9.84. The number of sulfonamides is 1. The van der Waals surface area contributed by atoms with Gasteiger partial charge in [0, 0.05) is 17.8 Å². The van der Waals surface area contributed by atoms with Gasteiger partial charge in [0.05, 0.1) is 19.9 Å². The number of hydrogen-bond donors (Lipinski definition) is 3. The largest absolute Gasteiger partial charge is 0.497 e. The minimum Gasteiger partial charge on any atom is -0.497 e. The monoisotopic (exact) mass is 449 g/mol. The van der Waals surface area contributed by atoms with Crippen molar-refractivity contribution < 1.29 is 17.9 Å². The highest BCUT2D eigenvalue weighted by Crippen LogP contribution is 2.29. The first-order chi connectivity index (χ1) is 14.4. The maximum absolute atomic E-state index is 13.1. The molecule has 7 nitrogen and oxygen atoms in total. The molecule has 162 valence electrons. The number of thiocarbonyl (C=S) groups is 1. The maximum Gasteiger partial charge on any atom is 0.264 e. The quantitative estimate of drug-likeness (QED) is 0.548. The van der Waals surface area contributed by atoms with Crippen molar-refractivity contribution in [1.29, 1.82) is 0 Å². The van der Waals surface area contributed by atoms with E-state index in [1.54, 1.807) is 43.5 Å². The van der Waals surface area contributed by atoms with Crippen LogP contribution in [0, 0.1) is 0 Å². The molecule has 2 aromatic rings. The van der Waals surface area contributed by atoms with Crippen LogP contribution in [-0.4, -0.2) is 33.8 Å². The summed E-state index contributed by atoms with van der Waals surface area (Å²) in [6, 6.07) is 11.8. The lowest BCUT2D eigenvalue weighted by molar-refractivity contribution is 0.413. The Morgan fingerprint density at radius 1 is 0.967 bits per heavy atom. The Morgan fingerprint density at radius 3 is 2.23 bits per heavy atom. The minimum atomic E-state index is -3.90. The van der Waals surface area contributed by atoms with E-state index in [-0.39, 0.29) is 4.90 Å². The molecule has 30 heavy (non-hydrogen) atoms. The van der Waals surface area contributed by atoms with Crippen LogP contribution in [0.5, 0.6) is 11.5 Å². The van der Waals surface area contributed by atoms with Crippen molar-refractivity contribution in [3.8, 4) is 11.5 Å². The predicted molar refractivity (Wildman–Crippen MR) is 123 cm³/mol. The summed E-state index contributed by atoms with van der Waals surface area (Å²) in [5.74, 6) is 1.07. The molecule has 3 N–H and O–H groups in total. The number of anilines is 2. The van der Waals surface area contributed by atoms with Crippen LogP contribution in [0.1, 0.15) is 32.1 Å². The SMILES string of the molecule is COc1ccc(NS(=O)(=O)c2cc(OC)ccc2NC(=S)NC2CCCCC2)cc1. The molecule has 0 spiro atoms. The molecule has 0 aliphatic heterocycles. The van der Waals surface area contributed by atoms with E-state index in [4.69, 9.17) is 21.7 Å². The second kappa shape index (κ2) is 9.99. The van der Waals surface area contributed by atoms with Crippen LogP contribution in [0.4, 0.5) is 11.4 Å². The molecule has 0 amide bonds. The highest BCUT2D eigenvalue weighted by Gasteiger charge is 2.22. The first-order valence-corrected chi connectivity index (χ1v) is 11.7. The van der Waals surface area contributed by atoms with Crippen molar-refractivity contribution >= 4 is 38.7 Å². The van der Waals surface area contributed by atoms with Crippen molar-refractivity contribution in [3.63, 3.8) is 0 Å². The topological polar surface area (TPSA) is 88.7 Å². The van der Waals surface area contributed by atoms with Crippen molar-refractivity contribution in [1.82, 2.24) is 5.32 Å². The van der Waals surface area contributed by atoms with Crippen molar-refractivity contribution in [2.75, 3.05) is 24.3 Å². The van der Waals surface area contributed by atoms with E-state index in [1.807, 2.05) is 0 Å². The highest BCUT2D eigenvalue weighted by molar-refractivity contribution is 7.93. The van der Waals surface area contributed by atoms with Crippen LogP contribution in [0.3, 0.4) is 0 Å². The Balaban J connectivity index is 1.81. The van der Waals surface area contributed by atoms with Gasteiger partial charge >= 0.3 is 0 Å². The van der Waals surface area contributed by atoms with Crippen LogP contribution in [0.15, 0.2) is 47.4 Å². The standard InChI is InChI=1S/C21H27N3O4S2/c1-27-17-10-8-16(9-11-17)24-30(25,26)20-14-18(28-2)12-13-19(20)23-21(29)22-15-6-4-3-5-7-15/h8-15,24H,3-7H2,1-2H3,(H2,22,23,29). The molecule has 9 heteroatoms. The molecule has 3 rings (SSSR count). The van der Waals surface area contributed by atoms with E-state index in [0.29, 0.717) is 34.0 Å². The summed E-state index contributed by atoms with van der Waals surface area (Å²) in [5.41, 5.74) is 0.803. The van der Waals surface area contributed by atoms with Gasteiger partial charge in [-0.2, -0.15) is 0 Å². The zero-order valence-electron chi connectivity index (χ0n) is 17.1. The number of methoxy groups -OCH3 is 2. The Morgan fingerprint density at radius 2 is 1.60 bits per heavy atom. The third-order valence-electron chi connectivity index (χ3n) is 5.01. The zero-order valence-corrected chi connectivity index (χ0v) is 18.7. The fourth-order valence-corrected chi connectivity index (χ4v) is 4.93. The van der Waals surface area contributed by atoms with Gasteiger partial charge in [0.1, 0.15) is 16.4 Å². The fraction of sp³-hybridized carbons (Fsp3) is 0.381. The van der Waals surface area contributed by atoms with E-state index < -0.39 is 10.0 Å². The Labute approximate surface area is 183 Å². The van der Waals surface area contributed by atoms with E-state index in [0.717, 1.165) is 12.8 Å². The average molecular weight is 450 g/mol. The Kier molecular flexibility index (Phi) is 7.38. The summed E-state index contributed by atoms with van der Waals surface area (Å²) < 4.78 is 39.2. The molecule has 0 atom stereocenters. The third kappa shape index (κ3) is 5.76. The van der Waals surface area contributed by atoms with E-state index >= 15 is 0 Å². The van der Waals surface area contributed by atoms with Gasteiger partial charge in [-0.25, -0.2) is 8.42 Å². The van der Waals surface area contributed by atoms with Gasteiger partial charge in [-0.05, 0) is 61.5 Å². The van der Waals surface area contributed by atoms with E-state index in [2.05, 4.69) is 15.4 Å². The second-order valence-electron chi connectivity index (χ2n) is 7.13. The summed E-state index contributed by atoms with van der Waals surface area (Å²) >= 11 is 5.44. The fourth-order valence-electron chi connectivity index (χ4n) is 3.42. The van der Waals surface area contributed by atoms with Crippen LogP contribution >= 0.6 is 12.2 Å². The molecular formula is C21H27N3O4S2. The van der Waals surface area contributed by atoms with E-state index in [1.165, 1.54) is 32.4 Å². The van der Waals surface area contributed by atoms with E-state index in [9.17, 15) is 8.42 Å². The lowest BCUT2D eigenvalue weighted by atomic mass is 9.96. The lowest BCUT2D eigenvalue weighted by Crippen LogP contribution is -2.39. The third-order valence-corrected chi connectivity index (χ3v) is 6.65. The van der Waals surface area contributed by atoms with Gasteiger partial charge in [0.2, 0.25) is 0 Å². The van der Waals surface area contributed by atoms with Crippen LogP contribution in [0.2, 0.25) is 0 Å².